The second-order valence-electron chi connectivity index (χ2n) is 43.6. The van der Waals surface area contributed by atoms with E-state index < -0.39 is 0 Å². The second kappa shape index (κ2) is 32.1. The largest absolute Gasteiger partial charge is 0.0625 e. The van der Waals surface area contributed by atoms with Gasteiger partial charge in [0, 0.05) is 0 Å². The van der Waals surface area contributed by atoms with Gasteiger partial charge in [-0.25, -0.2) is 0 Å². The summed E-state index contributed by atoms with van der Waals surface area (Å²) in [7, 11) is 0. The molecule has 0 aromatic carbocycles. The monoisotopic (exact) mass is 1260 g/mol. The fraction of sp³-hybridized carbons (Fsp3) is 1.00. The third-order valence-corrected chi connectivity index (χ3v) is 31.9. The molecule has 22 saturated carbocycles. The summed E-state index contributed by atoms with van der Waals surface area (Å²) in [5.74, 6) is 32.6. The Bertz CT molecular complexity index is 1990. The predicted molar refractivity (Wildman–Crippen MR) is 401 cm³/mol. The third-order valence-electron chi connectivity index (χ3n) is 31.9. The molecule has 22 fully saturated rings. The highest BCUT2D eigenvalue weighted by Gasteiger charge is 2.57. The van der Waals surface area contributed by atoms with Crippen LogP contribution >= 0.6 is 0 Å². The van der Waals surface area contributed by atoms with Gasteiger partial charge in [0.15, 0.2) is 0 Å². The topological polar surface area (TPSA) is 0 Å². The van der Waals surface area contributed by atoms with Crippen LogP contribution < -0.4 is 0 Å². The molecule has 0 aliphatic heterocycles. The van der Waals surface area contributed by atoms with Crippen LogP contribution in [0.4, 0.5) is 0 Å². The number of hydrogen-bond acceptors (Lipinski definition) is 0. The molecule has 22 aliphatic rings. The first-order chi connectivity index (χ1) is 42.7. The van der Waals surface area contributed by atoms with Crippen LogP contribution in [0.25, 0.3) is 0 Å². The lowest BCUT2D eigenvalue weighted by Gasteiger charge is -2.63. The Morgan fingerprint density at radius 1 is 0.209 bits per heavy atom. The molecule has 0 saturated heterocycles. The third kappa shape index (κ3) is 19.5. The lowest BCUT2D eigenvalue weighted by Crippen LogP contribution is -2.55. The molecule has 91 heavy (non-hydrogen) atoms. The Morgan fingerprint density at radius 3 is 0.769 bits per heavy atom. The Balaban J connectivity index is 0.000000121. The first-order valence-electron chi connectivity index (χ1n) is 42.7. The van der Waals surface area contributed by atoms with Gasteiger partial charge in [-0.2, -0.15) is 0 Å². The minimum absolute atomic E-state index is 0.570. The molecular formula is C91H166. The Labute approximate surface area is 573 Å². The van der Waals surface area contributed by atoms with Crippen molar-refractivity contribution in [3.05, 3.63) is 0 Å². The Morgan fingerprint density at radius 2 is 0.538 bits per heavy atom. The van der Waals surface area contributed by atoms with Crippen LogP contribution in [0, 0.1) is 199 Å². The summed E-state index contributed by atoms with van der Waals surface area (Å²) < 4.78 is 0. The normalized spacial score (nSPS) is 42.0. The highest BCUT2D eigenvalue weighted by atomic mass is 14.6. The molecule has 0 N–H and O–H groups in total. The summed E-state index contributed by atoms with van der Waals surface area (Å²) in [5, 5.41) is 0. The summed E-state index contributed by atoms with van der Waals surface area (Å²) >= 11 is 0. The molecule has 16 bridgehead atoms. The van der Waals surface area contributed by atoms with E-state index in [-0.39, 0.29) is 0 Å². The predicted octanol–water partition coefficient (Wildman–Crippen LogP) is 28.6. The second-order valence-corrected chi connectivity index (χ2v) is 43.6. The summed E-state index contributed by atoms with van der Waals surface area (Å²) in [6, 6.07) is 0. The zero-order chi connectivity index (χ0) is 66.1. The van der Waals surface area contributed by atoms with Gasteiger partial charge in [0.05, 0.1) is 0 Å². The Kier molecular flexibility index (Phi) is 26.5. The molecule has 0 aromatic heterocycles. The van der Waals surface area contributed by atoms with Gasteiger partial charge in [-0.1, -0.05) is 204 Å². The van der Waals surface area contributed by atoms with E-state index in [1.165, 1.54) is 64.2 Å². The van der Waals surface area contributed by atoms with Gasteiger partial charge in [-0.15, -0.1) is 0 Å². The van der Waals surface area contributed by atoms with Crippen molar-refractivity contribution in [2.24, 2.45) is 199 Å². The molecule has 7 atom stereocenters. The van der Waals surface area contributed by atoms with Gasteiger partial charge in [0.1, 0.15) is 0 Å². The number of hydrogen-bond donors (Lipinski definition) is 0. The van der Waals surface area contributed by atoms with Crippen molar-refractivity contribution in [1.82, 2.24) is 0 Å². The van der Waals surface area contributed by atoms with E-state index in [0.29, 0.717) is 21.7 Å². The van der Waals surface area contributed by atoms with Crippen molar-refractivity contribution in [3.63, 3.8) is 0 Å². The van der Waals surface area contributed by atoms with Crippen LogP contribution in [0.5, 0.6) is 0 Å². The quantitative estimate of drug-likeness (QED) is 0.257. The van der Waals surface area contributed by atoms with Crippen LogP contribution in [-0.4, -0.2) is 0 Å². The molecule has 22 aliphatic carbocycles. The minimum atomic E-state index is 0.570. The van der Waals surface area contributed by atoms with Crippen molar-refractivity contribution >= 4 is 0 Å². The molecule has 0 nitrogen and oxygen atoms in total. The lowest BCUT2D eigenvalue weighted by molar-refractivity contribution is -0.141. The van der Waals surface area contributed by atoms with E-state index in [1.807, 2.05) is 0 Å². The van der Waals surface area contributed by atoms with E-state index in [1.54, 1.807) is 161 Å². The molecule has 530 valence electrons. The fourth-order valence-corrected chi connectivity index (χ4v) is 27.2. The van der Waals surface area contributed by atoms with Gasteiger partial charge in [0.25, 0.3) is 0 Å². The average molecular weight is 1260 g/mol. The van der Waals surface area contributed by atoms with E-state index in [2.05, 4.69) is 152 Å². The lowest BCUT2D eigenvalue weighted by atomic mass is 9.42. The SMILES string of the molecule is CC(C)(C)C1C2CC1C2.CC(C)(C)C1CC2CC1C2.CC(C)(C)C1CCCC1.CC(C)(C)C1CCCCC1.CC(C)C1C2CC3CC(C2)CC1C3.CC(C)C1C2CCC1C2.CC(C)C1C2CCC1CC2.CC(C)C1CC2CCC1C2.CC(C)C1CC2CCC1CC2. The van der Waals surface area contributed by atoms with Gasteiger partial charge in [-0.05, 0) is 373 Å². The summed E-state index contributed by atoms with van der Waals surface area (Å²) in [4.78, 5) is 0. The average Bonchev–Trinajstić information content (AvgIpc) is 1.17. The van der Waals surface area contributed by atoms with Crippen LogP contribution in [0.15, 0.2) is 0 Å². The van der Waals surface area contributed by atoms with E-state index in [9.17, 15) is 0 Å². The molecule has 7 unspecified atom stereocenters. The van der Waals surface area contributed by atoms with Crippen LogP contribution in [0.1, 0.15) is 377 Å². The molecule has 0 heteroatoms. The standard InChI is InChI=1S/C13H22.C11H20.3C10H18.C10H20.2C9H16.C9H18/c1-8(2)13-11-4-9-3-10(6-11)7-12(13)5-9;1-8(2)11-7-9-3-5-10(11)6-4-9;1-10(2,3)9-6-7-4-8(9)5-7;1-7(2)10-6-8-3-4-9(10)5-8;1-7(2)10-8-3-4-9(10)6-5-8;1-10(2,3)9-7-5-4-6-8-9;1-9(2,3)8-6-4-7(8)5-6;1-6(2)9-7-3-4-8(9)5-7;1-9(2,3)8-6-4-5-7-8/h8-13H,3-7H2,1-2H3;8-11H,3-7H2,1-2H3;7-9H,4-6H2,1-3H3;2*7-10H,3-6H2,1-2H3;9H,4-8H2,1-3H3;6-8H,4-5H2,1-3H3;6-9H,3-5H2,1-2H3;8H,4-7H2,1-3H3. The smallest absolute Gasteiger partial charge is 0.0308 e. The molecule has 0 spiro atoms. The van der Waals surface area contributed by atoms with Crippen molar-refractivity contribution in [2.75, 3.05) is 0 Å². The van der Waals surface area contributed by atoms with Crippen LogP contribution in [-0.2, 0) is 0 Å². The summed E-state index contributed by atoms with van der Waals surface area (Å²) in [6.07, 6.45) is 53.9. The summed E-state index contributed by atoms with van der Waals surface area (Å²) in [5.41, 5.74) is 2.36. The van der Waals surface area contributed by atoms with Crippen molar-refractivity contribution in [3.8, 4) is 0 Å². The number of rotatable bonds is 5. The molecule has 0 aromatic rings. The van der Waals surface area contributed by atoms with E-state index >= 15 is 0 Å². The maximum Gasteiger partial charge on any atom is -0.0308 e. The fourth-order valence-electron chi connectivity index (χ4n) is 27.2. The first-order valence-corrected chi connectivity index (χ1v) is 42.7. The van der Waals surface area contributed by atoms with Gasteiger partial charge >= 0.3 is 0 Å². The minimum Gasteiger partial charge on any atom is -0.0625 e. The zero-order valence-corrected chi connectivity index (χ0v) is 66.1. The van der Waals surface area contributed by atoms with Crippen molar-refractivity contribution in [2.45, 2.75) is 377 Å². The van der Waals surface area contributed by atoms with Crippen LogP contribution in [0.3, 0.4) is 0 Å². The summed E-state index contributed by atoms with van der Waals surface area (Å²) in [6.45, 7) is 52.7. The molecule has 0 radical (unpaired) electrons. The van der Waals surface area contributed by atoms with Crippen molar-refractivity contribution < 1.29 is 0 Å². The highest BCUT2D eigenvalue weighted by molar-refractivity contribution is 5.06. The highest BCUT2D eigenvalue weighted by Crippen LogP contribution is 2.65. The Hall–Kier alpha value is 0. The maximum atomic E-state index is 2.45. The molecule has 22 rings (SSSR count). The maximum absolute atomic E-state index is 2.45. The van der Waals surface area contributed by atoms with E-state index in [0.717, 1.165) is 178 Å². The van der Waals surface area contributed by atoms with E-state index in [4.69, 9.17) is 0 Å². The molecule has 0 heterocycles. The van der Waals surface area contributed by atoms with Crippen molar-refractivity contribution in [1.29, 1.82) is 0 Å². The molecular weight excluding hydrogens is 1090 g/mol. The first kappa shape index (κ1) is 75.2. The van der Waals surface area contributed by atoms with Gasteiger partial charge in [0.2, 0.25) is 0 Å². The zero-order valence-electron chi connectivity index (χ0n) is 66.1. The van der Waals surface area contributed by atoms with Gasteiger partial charge < -0.3 is 0 Å². The van der Waals surface area contributed by atoms with Gasteiger partial charge in [-0.3, -0.25) is 0 Å². The number of fused-ring (bicyclic) bond motifs is 9. The molecule has 0 amide bonds. The van der Waals surface area contributed by atoms with Crippen LogP contribution in [0.2, 0.25) is 0 Å².